The van der Waals surface area contributed by atoms with Gasteiger partial charge in [-0.25, -0.2) is 0 Å². The van der Waals surface area contributed by atoms with Crippen LogP contribution in [0.4, 0.5) is 0 Å². The van der Waals surface area contributed by atoms with Crippen LogP contribution >= 0.6 is 0 Å². The molecule has 0 saturated heterocycles. The summed E-state index contributed by atoms with van der Waals surface area (Å²) in [4.78, 5) is 13.0. The van der Waals surface area contributed by atoms with Gasteiger partial charge in [-0.1, -0.05) is 36.4 Å². The highest BCUT2D eigenvalue weighted by molar-refractivity contribution is 6.11. The number of aromatic hydroxyl groups is 1. The fourth-order valence-corrected chi connectivity index (χ4v) is 3.32. The monoisotopic (exact) mass is 420 g/mol. The molecule has 3 rings (SSSR count). The van der Waals surface area contributed by atoms with Crippen LogP contribution in [-0.2, 0) is 0 Å². The summed E-state index contributed by atoms with van der Waals surface area (Å²) >= 11 is 0. The first kappa shape index (κ1) is 21.8. The predicted octanol–water partition coefficient (Wildman–Crippen LogP) is 4.99. The lowest BCUT2D eigenvalue weighted by molar-refractivity contribution is 0.104. The van der Waals surface area contributed by atoms with E-state index in [1.807, 2.05) is 18.2 Å². The SMILES string of the molecule is COc1ccc(C=CC(=O)c2ccccc2-c2ccc(OC)c(OC)c2OC)cc1O. The number of rotatable bonds is 8. The average Bonchev–Trinajstić information content (AvgIpc) is 2.81. The van der Waals surface area contributed by atoms with Gasteiger partial charge in [0.25, 0.3) is 0 Å². The Hall–Kier alpha value is -3.93. The van der Waals surface area contributed by atoms with Gasteiger partial charge < -0.3 is 24.1 Å². The normalized spacial score (nSPS) is 10.7. The van der Waals surface area contributed by atoms with E-state index in [4.69, 9.17) is 18.9 Å². The lowest BCUT2D eigenvalue weighted by atomic mass is 9.95. The molecule has 0 aliphatic carbocycles. The van der Waals surface area contributed by atoms with Crippen LogP contribution in [0.2, 0.25) is 0 Å². The van der Waals surface area contributed by atoms with E-state index in [1.165, 1.54) is 26.4 Å². The molecule has 0 radical (unpaired) electrons. The van der Waals surface area contributed by atoms with Crippen LogP contribution in [0.25, 0.3) is 17.2 Å². The van der Waals surface area contributed by atoms with E-state index in [9.17, 15) is 9.90 Å². The Balaban J connectivity index is 2.01. The Morgan fingerprint density at radius 2 is 1.45 bits per heavy atom. The number of hydrogen-bond donors (Lipinski definition) is 1. The maximum Gasteiger partial charge on any atom is 0.203 e. The van der Waals surface area contributed by atoms with E-state index in [2.05, 4.69) is 0 Å². The zero-order valence-electron chi connectivity index (χ0n) is 17.8. The number of phenols is 1. The van der Waals surface area contributed by atoms with E-state index < -0.39 is 0 Å². The van der Waals surface area contributed by atoms with E-state index >= 15 is 0 Å². The molecule has 3 aromatic rings. The molecule has 0 heterocycles. The molecule has 0 aliphatic heterocycles. The average molecular weight is 420 g/mol. The molecule has 160 valence electrons. The summed E-state index contributed by atoms with van der Waals surface area (Å²) in [7, 11) is 6.11. The molecular formula is C25H24O6. The van der Waals surface area contributed by atoms with Crippen molar-refractivity contribution in [2.75, 3.05) is 28.4 Å². The summed E-state index contributed by atoms with van der Waals surface area (Å²) in [6, 6.07) is 15.8. The first-order chi connectivity index (χ1) is 15.0. The lowest BCUT2D eigenvalue weighted by Crippen LogP contribution is -2.01. The summed E-state index contributed by atoms with van der Waals surface area (Å²) in [6.45, 7) is 0. The first-order valence-corrected chi connectivity index (χ1v) is 9.51. The van der Waals surface area contributed by atoms with Gasteiger partial charge in [0.15, 0.2) is 28.8 Å². The summed E-state index contributed by atoms with van der Waals surface area (Å²) in [6.07, 6.45) is 3.11. The van der Waals surface area contributed by atoms with Gasteiger partial charge in [-0.05, 0) is 41.5 Å². The molecule has 0 saturated carbocycles. The largest absolute Gasteiger partial charge is 0.504 e. The smallest absolute Gasteiger partial charge is 0.203 e. The molecule has 0 aliphatic rings. The molecule has 0 unspecified atom stereocenters. The van der Waals surface area contributed by atoms with Crippen LogP contribution < -0.4 is 18.9 Å². The number of carbonyl (C=O) groups excluding carboxylic acids is 1. The Kier molecular flexibility index (Phi) is 6.82. The van der Waals surface area contributed by atoms with E-state index in [0.717, 1.165) is 0 Å². The molecule has 0 aromatic heterocycles. The Morgan fingerprint density at radius 3 is 2.10 bits per heavy atom. The second kappa shape index (κ2) is 9.71. The molecule has 0 bridgehead atoms. The zero-order chi connectivity index (χ0) is 22.4. The molecule has 6 heteroatoms. The molecular weight excluding hydrogens is 396 g/mol. The number of hydrogen-bond acceptors (Lipinski definition) is 6. The van der Waals surface area contributed by atoms with Gasteiger partial charge in [-0.3, -0.25) is 4.79 Å². The molecule has 6 nitrogen and oxygen atoms in total. The Morgan fingerprint density at radius 1 is 0.774 bits per heavy atom. The number of ketones is 1. The van der Waals surface area contributed by atoms with Gasteiger partial charge in [-0.2, -0.15) is 0 Å². The number of carbonyl (C=O) groups is 1. The van der Waals surface area contributed by atoms with Gasteiger partial charge in [0.2, 0.25) is 5.75 Å². The van der Waals surface area contributed by atoms with Crippen LogP contribution in [-0.4, -0.2) is 39.3 Å². The van der Waals surface area contributed by atoms with Crippen LogP contribution in [0.1, 0.15) is 15.9 Å². The van der Waals surface area contributed by atoms with E-state index in [1.54, 1.807) is 50.6 Å². The van der Waals surface area contributed by atoms with Crippen molar-refractivity contribution in [3.05, 3.63) is 71.8 Å². The van der Waals surface area contributed by atoms with Crippen molar-refractivity contribution < 1.29 is 28.8 Å². The second-order valence-corrected chi connectivity index (χ2v) is 6.56. The molecule has 3 aromatic carbocycles. The highest BCUT2D eigenvalue weighted by Gasteiger charge is 2.20. The third-order valence-corrected chi connectivity index (χ3v) is 4.82. The zero-order valence-corrected chi connectivity index (χ0v) is 17.8. The fraction of sp³-hybridized carbons (Fsp3) is 0.160. The molecule has 0 spiro atoms. The molecule has 0 fully saturated rings. The van der Waals surface area contributed by atoms with Crippen molar-refractivity contribution in [1.29, 1.82) is 0 Å². The summed E-state index contributed by atoms with van der Waals surface area (Å²) < 4.78 is 21.5. The van der Waals surface area contributed by atoms with Crippen LogP contribution in [0, 0.1) is 0 Å². The minimum atomic E-state index is -0.192. The third kappa shape index (κ3) is 4.48. The van der Waals surface area contributed by atoms with Gasteiger partial charge in [0.1, 0.15) is 0 Å². The summed E-state index contributed by atoms with van der Waals surface area (Å²) in [5.41, 5.74) is 2.59. The molecule has 31 heavy (non-hydrogen) atoms. The van der Waals surface area contributed by atoms with Gasteiger partial charge >= 0.3 is 0 Å². The maximum absolute atomic E-state index is 13.0. The molecule has 0 atom stereocenters. The van der Waals surface area contributed by atoms with Crippen molar-refractivity contribution in [3.8, 4) is 39.9 Å². The molecule has 0 amide bonds. The second-order valence-electron chi connectivity index (χ2n) is 6.56. The molecule has 1 N–H and O–H groups in total. The van der Waals surface area contributed by atoms with Crippen LogP contribution in [0.5, 0.6) is 28.7 Å². The Labute approximate surface area is 181 Å². The number of ether oxygens (including phenoxy) is 4. The van der Waals surface area contributed by atoms with Crippen LogP contribution in [0.3, 0.4) is 0 Å². The number of benzene rings is 3. The number of methoxy groups -OCH3 is 4. The van der Waals surface area contributed by atoms with E-state index in [-0.39, 0.29) is 11.5 Å². The fourth-order valence-electron chi connectivity index (χ4n) is 3.32. The minimum absolute atomic E-state index is 0.00700. The quantitative estimate of drug-likeness (QED) is 0.409. The Bertz CT molecular complexity index is 1120. The maximum atomic E-state index is 13.0. The van der Waals surface area contributed by atoms with E-state index in [0.29, 0.717) is 45.3 Å². The summed E-state index contributed by atoms with van der Waals surface area (Å²) in [5.74, 6) is 1.65. The summed E-state index contributed by atoms with van der Waals surface area (Å²) in [5, 5.41) is 9.94. The van der Waals surface area contributed by atoms with Crippen LogP contribution in [0.15, 0.2) is 60.7 Å². The van der Waals surface area contributed by atoms with Crippen molar-refractivity contribution in [3.63, 3.8) is 0 Å². The van der Waals surface area contributed by atoms with Crippen molar-refractivity contribution in [2.24, 2.45) is 0 Å². The third-order valence-electron chi connectivity index (χ3n) is 4.82. The van der Waals surface area contributed by atoms with Gasteiger partial charge in [-0.15, -0.1) is 0 Å². The van der Waals surface area contributed by atoms with Crippen molar-refractivity contribution in [1.82, 2.24) is 0 Å². The van der Waals surface area contributed by atoms with Crippen molar-refractivity contribution in [2.45, 2.75) is 0 Å². The lowest BCUT2D eigenvalue weighted by Gasteiger charge is -2.17. The number of phenolic OH excluding ortho intramolecular Hbond substituents is 1. The van der Waals surface area contributed by atoms with Crippen molar-refractivity contribution >= 4 is 11.9 Å². The standard InChI is InChI=1S/C25H24O6/c1-28-22-13-10-16(15-21(22)27)9-12-20(26)18-8-6-5-7-17(18)19-11-14-23(29-2)25(31-4)24(19)30-3/h5-15,27H,1-4H3. The topological polar surface area (TPSA) is 74.2 Å². The predicted molar refractivity (Wildman–Crippen MR) is 120 cm³/mol. The highest BCUT2D eigenvalue weighted by atomic mass is 16.5. The highest BCUT2D eigenvalue weighted by Crippen LogP contribution is 2.45. The van der Waals surface area contributed by atoms with Gasteiger partial charge in [0.05, 0.1) is 28.4 Å². The number of allylic oxidation sites excluding steroid dienone is 1. The minimum Gasteiger partial charge on any atom is -0.504 e. The van der Waals surface area contributed by atoms with Gasteiger partial charge in [0, 0.05) is 11.1 Å². The first-order valence-electron chi connectivity index (χ1n) is 9.51.